The zero-order chi connectivity index (χ0) is 14.7. The molecule has 0 aromatic heterocycles. The van der Waals surface area contributed by atoms with Crippen LogP contribution in [0.5, 0.6) is 0 Å². The molecule has 108 valence electrons. The number of nitrogens with zero attached hydrogens (tertiary/aromatic N) is 1. The fourth-order valence-electron chi connectivity index (χ4n) is 2.55. The van der Waals surface area contributed by atoms with E-state index in [0.717, 1.165) is 10.0 Å². The molecular formula is C15H19BrN2O2. The third kappa shape index (κ3) is 3.39. The first-order chi connectivity index (χ1) is 9.49. The Kier molecular flexibility index (Phi) is 4.81. The van der Waals surface area contributed by atoms with E-state index in [-0.39, 0.29) is 23.7 Å². The number of amides is 2. The van der Waals surface area contributed by atoms with Crippen LogP contribution in [0.2, 0.25) is 0 Å². The maximum absolute atomic E-state index is 12.5. The smallest absolute Gasteiger partial charge is 0.229 e. The Labute approximate surface area is 127 Å². The van der Waals surface area contributed by atoms with Gasteiger partial charge in [0.2, 0.25) is 11.8 Å². The summed E-state index contributed by atoms with van der Waals surface area (Å²) in [6, 6.07) is 7.81. The lowest BCUT2D eigenvalue weighted by Gasteiger charge is -2.32. The van der Waals surface area contributed by atoms with Gasteiger partial charge in [-0.1, -0.05) is 28.1 Å². The van der Waals surface area contributed by atoms with Crippen molar-refractivity contribution < 1.29 is 9.59 Å². The number of hydrogen-bond acceptors (Lipinski definition) is 2. The van der Waals surface area contributed by atoms with E-state index in [2.05, 4.69) is 15.9 Å². The molecule has 2 amide bonds. The highest BCUT2D eigenvalue weighted by Gasteiger charge is 2.28. The molecular weight excluding hydrogens is 320 g/mol. The van der Waals surface area contributed by atoms with Gasteiger partial charge in [-0.05, 0) is 37.5 Å². The van der Waals surface area contributed by atoms with Crippen LogP contribution in [0.1, 0.15) is 31.2 Å². The van der Waals surface area contributed by atoms with E-state index in [1.54, 1.807) is 0 Å². The summed E-state index contributed by atoms with van der Waals surface area (Å²) in [6.07, 6.45) is 1.35. The summed E-state index contributed by atoms with van der Waals surface area (Å²) in [7, 11) is 0. The Morgan fingerprint density at radius 3 is 2.30 bits per heavy atom. The molecule has 2 N–H and O–H groups in total. The predicted molar refractivity (Wildman–Crippen MR) is 81.1 cm³/mol. The molecule has 20 heavy (non-hydrogen) atoms. The van der Waals surface area contributed by atoms with E-state index in [1.165, 1.54) is 0 Å². The van der Waals surface area contributed by atoms with Gasteiger partial charge >= 0.3 is 0 Å². The lowest BCUT2D eigenvalue weighted by atomic mass is 9.94. The number of hydrogen-bond donors (Lipinski definition) is 1. The van der Waals surface area contributed by atoms with E-state index >= 15 is 0 Å². The Bertz CT molecular complexity index is 493. The lowest BCUT2D eigenvalue weighted by molar-refractivity contribution is -0.135. The standard InChI is InChI=1S/C15H19BrN2O2/c1-10(11-2-4-13(16)5-3-11)15(20)18-8-6-12(7-9-18)14(17)19/h2-5,10,12H,6-9H2,1H3,(H2,17,19). The van der Waals surface area contributed by atoms with E-state index in [9.17, 15) is 9.59 Å². The number of nitrogens with two attached hydrogens (primary N) is 1. The molecule has 2 rings (SSSR count). The molecule has 1 aliphatic heterocycles. The number of likely N-dealkylation sites (tertiary alicyclic amines) is 1. The number of benzene rings is 1. The summed E-state index contributed by atoms with van der Waals surface area (Å²) in [6.45, 7) is 3.16. The van der Waals surface area contributed by atoms with Crippen molar-refractivity contribution in [3.05, 3.63) is 34.3 Å². The maximum atomic E-state index is 12.5. The summed E-state index contributed by atoms with van der Waals surface area (Å²) in [5.74, 6) is -0.372. The zero-order valence-corrected chi connectivity index (χ0v) is 13.1. The number of rotatable bonds is 3. The van der Waals surface area contributed by atoms with Crippen LogP contribution in [-0.4, -0.2) is 29.8 Å². The molecule has 0 saturated carbocycles. The molecule has 1 saturated heterocycles. The molecule has 1 aliphatic rings. The van der Waals surface area contributed by atoms with Crippen LogP contribution in [0.4, 0.5) is 0 Å². The first-order valence-electron chi connectivity index (χ1n) is 6.82. The van der Waals surface area contributed by atoms with E-state index in [0.29, 0.717) is 25.9 Å². The SMILES string of the molecule is CC(C(=O)N1CCC(C(N)=O)CC1)c1ccc(Br)cc1. The van der Waals surface area contributed by atoms with Crippen molar-refractivity contribution in [2.24, 2.45) is 11.7 Å². The predicted octanol–water partition coefficient (Wildman–Crippen LogP) is 2.28. The highest BCUT2D eigenvalue weighted by atomic mass is 79.9. The van der Waals surface area contributed by atoms with Gasteiger partial charge in [0.15, 0.2) is 0 Å². The van der Waals surface area contributed by atoms with Crippen LogP contribution in [-0.2, 0) is 9.59 Å². The molecule has 0 spiro atoms. The van der Waals surface area contributed by atoms with Gasteiger partial charge in [0, 0.05) is 23.5 Å². The van der Waals surface area contributed by atoms with E-state index < -0.39 is 0 Å². The normalized spacial score (nSPS) is 17.8. The Hall–Kier alpha value is -1.36. The molecule has 0 bridgehead atoms. The first-order valence-corrected chi connectivity index (χ1v) is 7.62. The third-order valence-electron chi connectivity index (χ3n) is 3.95. The van der Waals surface area contributed by atoms with Crippen LogP contribution in [0, 0.1) is 5.92 Å². The molecule has 1 atom stereocenters. The monoisotopic (exact) mass is 338 g/mol. The first kappa shape index (κ1) is 15.0. The average molecular weight is 339 g/mol. The van der Waals surface area contributed by atoms with Crippen LogP contribution in [0.25, 0.3) is 0 Å². The van der Waals surface area contributed by atoms with Crippen molar-refractivity contribution >= 4 is 27.7 Å². The molecule has 1 fully saturated rings. The largest absolute Gasteiger partial charge is 0.369 e. The highest BCUT2D eigenvalue weighted by Crippen LogP contribution is 2.24. The van der Waals surface area contributed by atoms with E-state index in [1.807, 2.05) is 36.1 Å². The molecule has 5 heteroatoms. The van der Waals surface area contributed by atoms with Crippen LogP contribution in [0.3, 0.4) is 0 Å². The van der Waals surface area contributed by atoms with Crippen LogP contribution >= 0.6 is 15.9 Å². The summed E-state index contributed by atoms with van der Waals surface area (Å²) in [5.41, 5.74) is 6.32. The Morgan fingerprint density at radius 1 is 1.25 bits per heavy atom. The van der Waals surface area contributed by atoms with Gasteiger partial charge < -0.3 is 10.6 Å². The minimum atomic E-state index is -0.252. The Balaban J connectivity index is 1.98. The van der Waals surface area contributed by atoms with Gasteiger partial charge in [0.25, 0.3) is 0 Å². The fourth-order valence-corrected chi connectivity index (χ4v) is 2.82. The number of piperidine rings is 1. The second-order valence-corrected chi connectivity index (χ2v) is 6.19. The minimum absolute atomic E-state index is 0.0814. The number of carbonyl (C=O) groups excluding carboxylic acids is 2. The van der Waals surface area contributed by atoms with Gasteiger partial charge in [-0.25, -0.2) is 0 Å². The maximum Gasteiger partial charge on any atom is 0.229 e. The van der Waals surface area contributed by atoms with Gasteiger partial charge in [0.05, 0.1) is 5.92 Å². The van der Waals surface area contributed by atoms with Gasteiger partial charge in [0.1, 0.15) is 0 Å². The lowest BCUT2D eigenvalue weighted by Crippen LogP contribution is -2.43. The van der Waals surface area contributed by atoms with Crippen molar-refractivity contribution in [1.82, 2.24) is 4.90 Å². The molecule has 1 unspecified atom stereocenters. The summed E-state index contributed by atoms with van der Waals surface area (Å²) >= 11 is 3.39. The van der Waals surface area contributed by atoms with Crippen molar-refractivity contribution in [3.8, 4) is 0 Å². The molecule has 1 aromatic rings. The quantitative estimate of drug-likeness (QED) is 0.918. The van der Waals surface area contributed by atoms with Crippen molar-refractivity contribution in [1.29, 1.82) is 0 Å². The van der Waals surface area contributed by atoms with Gasteiger partial charge in [-0.2, -0.15) is 0 Å². The summed E-state index contributed by atoms with van der Waals surface area (Å²) in [5, 5.41) is 0. The molecule has 1 aromatic carbocycles. The minimum Gasteiger partial charge on any atom is -0.369 e. The van der Waals surface area contributed by atoms with Gasteiger partial charge in [-0.3, -0.25) is 9.59 Å². The molecule has 1 heterocycles. The number of carbonyl (C=O) groups is 2. The van der Waals surface area contributed by atoms with Crippen molar-refractivity contribution in [2.45, 2.75) is 25.7 Å². The number of primary amides is 1. The molecule has 0 radical (unpaired) electrons. The highest BCUT2D eigenvalue weighted by molar-refractivity contribution is 9.10. The number of halogens is 1. The molecule has 4 nitrogen and oxygen atoms in total. The van der Waals surface area contributed by atoms with Gasteiger partial charge in [-0.15, -0.1) is 0 Å². The third-order valence-corrected chi connectivity index (χ3v) is 4.48. The van der Waals surface area contributed by atoms with Crippen molar-refractivity contribution in [2.75, 3.05) is 13.1 Å². The van der Waals surface area contributed by atoms with Crippen LogP contribution < -0.4 is 5.73 Å². The fraction of sp³-hybridized carbons (Fsp3) is 0.467. The van der Waals surface area contributed by atoms with E-state index in [4.69, 9.17) is 5.73 Å². The average Bonchev–Trinajstić information content (AvgIpc) is 2.46. The zero-order valence-electron chi connectivity index (χ0n) is 11.5. The Morgan fingerprint density at radius 2 is 1.80 bits per heavy atom. The van der Waals surface area contributed by atoms with Crippen molar-refractivity contribution in [3.63, 3.8) is 0 Å². The van der Waals surface area contributed by atoms with Crippen LogP contribution in [0.15, 0.2) is 28.7 Å². The summed E-state index contributed by atoms with van der Waals surface area (Å²) in [4.78, 5) is 25.4. The summed E-state index contributed by atoms with van der Waals surface area (Å²) < 4.78 is 1.00. The molecule has 0 aliphatic carbocycles. The second-order valence-electron chi connectivity index (χ2n) is 5.28. The second kappa shape index (κ2) is 6.39. The topological polar surface area (TPSA) is 63.4 Å².